The van der Waals surface area contributed by atoms with Crippen molar-refractivity contribution in [2.45, 2.75) is 0 Å². The summed E-state index contributed by atoms with van der Waals surface area (Å²) < 4.78 is 0. The van der Waals surface area contributed by atoms with Crippen molar-refractivity contribution in [2.75, 3.05) is 10.6 Å². The van der Waals surface area contributed by atoms with Gasteiger partial charge in [-0.25, -0.2) is 0 Å². The first-order valence-electron chi connectivity index (χ1n) is 21.4. The zero-order chi connectivity index (χ0) is 41.0. The molecule has 2 nitrogen and oxygen atoms in total. The van der Waals surface area contributed by atoms with Crippen LogP contribution in [0.4, 0.5) is 22.7 Å². The molecule has 12 aromatic rings. The number of hydrogen-bond donors (Lipinski definition) is 2. The van der Waals surface area contributed by atoms with Gasteiger partial charge < -0.3 is 10.6 Å². The van der Waals surface area contributed by atoms with Gasteiger partial charge >= 0.3 is 0 Å². The van der Waals surface area contributed by atoms with Crippen LogP contribution in [-0.2, 0) is 0 Å². The summed E-state index contributed by atoms with van der Waals surface area (Å²) in [6.45, 7) is 0. The predicted molar refractivity (Wildman–Crippen MR) is 267 cm³/mol. The number of rotatable bonds is 7. The highest BCUT2D eigenvalue weighted by Gasteiger charge is 2.22. The summed E-state index contributed by atoms with van der Waals surface area (Å²) >= 11 is 0. The summed E-state index contributed by atoms with van der Waals surface area (Å²) in [7, 11) is 0. The van der Waals surface area contributed by atoms with Crippen LogP contribution in [0.25, 0.3) is 98.0 Å². The van der Waals surface area contributed by atoms with Crippen LogP contribution >= 0.6 is 0 Å². The van der Waals surface area contributed by atoms with Crippen LogP contribution < -0.4 is 10.6 Å². The van der Waals surface area contributed by atoms with Gasteiger partial charge in [0, 0.05) is 44.0 Å². The third-order valence-electron chi connectivity index (χ3n) is 12.6. The second-order valence-electron chi connectivity index (χ2n) is 16.1. The second-order valence-corrected chi connectivity index (χ2v) is 16.1. The van der Waals surface area contributed by atoms with E-state index in [-0.39, 0.29) is 0 Å². The summed E-state index contributed by atoms with van der Waals surface area (Å²) in [5.41, 5.74) is 11.5. The molecule has 0 aliphatic rings. The number of hydrogen-bond acceptors (Lipinski definition) is 2. The number of nitrogens with one attached hydrogen (secondary N) is 2. The third-order valence-corrected chi connectivity index (χ3v) is 12.6. The fourth-order valence-corrected chi connectivity index (χ4v) is 9.92. The molecule has 0 radical (unpaired) electrons. The molecule has 2 heteroatoms. The molecule has 0 aliphatic heterocycles. The quantitative estimate of drug-likeness (QED) is 0.157. The zero-order valence-electron chi connectivity index (χ0n) is 33.9. The van der Waals surface area contributed by atoms with E-state index in [0.29, 0.717) is 0 Å². The van der Waals surface area contributed by atoms with Gasteiger partial charge in [0.1, 0.15) is 0 Å². The molecule has 0 heterocycles. The van der Waals surface area contributed by atoms with Gasteiger partial charge in [-0.1, -0.05) is 218 Å². The van der Waals surface area contributed by atoms with Crippen molar-refractivity contribution >= 4 is 87.4 Å². The van der Waals surface area contributed by atoms with Crippen molar-refractivity contribution in [3.05, 3.63) is 231 Å². The normalized spacial score (nSPS) is 11.5. The summed E-state index contributed by atoms with van der Waals surface area (Å²) in [4.78, 5) is 0. The fourth-order valence-electron chi connectivity index (χ4n) is 9.92. The van der Waals surface area contributed by atoms with E-state index in [2.05, 4.69) is 241 Å². The highest BCUT2D eigenvalue weighted by molar-refractivity contribution is 6.24. The Bertz CT molecular complexity index is 3320. The summed E-state index contributed by atoms with van der Waals surface area (Å²) in [5.74, 6) is 0. The average Bonchev–Trinajstić information content (AvgIpc) is 3.34. The van der Waals surface area contributed by atoms with Crippen LogP contribution in [0, 0.1) is 0 Å². The number of fused-ring (bicyclic) bond motifs is 6. The van der Waals surface area contributed by atoms with E-state index in [9.17, 15) is 0 Å². The Kier molecular flexibility index (Phi) is 8.53. The smallest absolute Gasteiger partial charge is 0.0544 e. The first-order valence-corrected chi connectivity index (χ1v) is 21.4. The lowest BCUT2D eigenvalue weighted by atomic mass is 9.88. The third kappa shape index (κ3) is 5.80. The maximum Gasteiger partial charge on any atom is 0.0544 e. The Labute approximate surface area is 360 Å². The molecule has 0 unspecified atom stereocenters. The van der Waals surface area contributed by atoms with E-state index in [0.717, 1.165) is 33.9 Å². The summed E-state index contributed by atoms with van der Waals surface area (Å²) in [6.07, 6.45) is 0. The van der Waals surface area contributed by atoms with Gasteiger partial charge in [-0.2, -0.15) is 0 Å². The largest absolute Gasteiger partial charge is 0.354 e. The Morgan fingerprint density at radius 1 is 0.194 bits per heavy atom. The van der Waals surface area contributed by atoms with E-state index in [1.165, 1.54) is 86.9 Å². The molecule has 0 aliphatic carbocycles. The minimum Gasteiger partial charge on any atom is -0.354 e. The molecular formula is C60H40N2. The lowest BCUT2D eigenvalue weighted by Crippen LogP contribution is -2.01. The molecule has 290 valence electrons. The SMILES string of the molecule is c1ccc(-c2c3ccccc3c(Nc3ccc4ccccc4c3-c3c(Nc4c5ccccc5c(-c5ccccc5)c5ccccc45)ccc4ccccc34)c3ccccc23)cc1. The zero-order valence-corrected chi connectivity index (χ0v) is 33.9. The number of anilines is 4. The van der Waals surface area contributed by atoms with Crippen LogP contribution in [0.5, 0.6) is 0 Å². The van der Waals surface area contributed by atoms with Crippen molar-refractivity contribution in [3.63, 3.8) is 0 Å². The molecule has 0 amide bonds. The Morgan fingerprint density at radius 3 is 0.806 bits per heavy atom. The molecule has 0 aromatic heterocycles. The maximum atomic E-state index is 4.14. The standard InChI is InChI=1S/C60H40N2/c1-3-21-41(22-4-1)55-45-27-11-15-31-49(45)59(50-32-16-12-28-46(50)55)61-53-37-35-39-19-7-9-25-43(39)57(53)58-44-26-10-8-20-40(44)36-38-54(58)62-60-51-33-17-13-29-47(51)56(42-23-5-2-6-24-42)48-30-14-18-34-52(48)60/h1-38,61-62H. The topological polar surface area (TPSA) is 24.1 Å². The molecule has 0 saturated heterocycles. The molecule has 0 spiro atoms. The minimum atomic E-state index is 1.04. The minimum absolute atomic E-state index is 1.04. The lowest BCUT2D eigenvalue weighted by molar-refractivity contribution is 1.57. The summed E-state index contributed by atoms with van der Waals surface area (Å²) in [5, 5.41) is 22.6. The van der Waals surface area contributed by atoms with Crippen LogP contribution in [0.1, 0.15) is 0 Å². The highest BCUT2D eigenvalue weighted by Crippen LogP contribution is 2.50. The van der Waals surface area contributed by atoms with E-state index >= 15 is 0 Å². The Hall–Kier alpha value is -8.20. The first-order chi connectivity index (χ1) is 30.8. The van der Waals surface area contributed by atoms with Crippen LogP contribution in [0.2, 0.25) is 0 Å². The summed E-state index contributed by atoms with van der Waals surface area (Å²) in [6, 6.07) is 83.6. The molecule has 12 aromatic carbocycles. The molecule has 62 heavy (non-hydrogen) atoms. The van der Waals surface area contributed by atoms with Gasteiger partial charge in [-0.15, -0.1) is 0 Å². The van der Waals surface area contributed by atoms with Crippen molar-refractivity contribution in [2.24, 2.45) is 0 Å². The van der Waals surface area contributed by atoms with Crippen LogP contribution in [0.3, 0.4) is 0 Å². The molecule has 0 atom stereocenters. The van der Waals surface area contributed by atoms with Gasteiger partial charge in [0.25, 0.3) is 0 Å². The molecular weight excluding hydrogens is 749 g/mol. The van der Waals surface area contributed by atoms with Crippen molar-refractivity contribution in [1.29, 1.82) is 0 Å². The monoisotopic (exact) mass is 788 g/mol. The molecule has 0 bridgehead atoms. The Balaban J connectivity index is 1.13. The molecule has 0 fully saturated rings. The van der Waals surface area contributed by atoms with Crippen LogP contribution in [0.15, 0.2) is 231 Å². The van der Waals surface area contributed by atoms with Crippen molar-refractivity contribution < 1.29 is 0 Å². The molecule has 12 rings (SSSR count). The first kappa shape index (κ1) is 35.7. The lowest BCUT2D eigenvalue weighted by Gasteiger charge is -2.24. The predicted octanol–water partition coefficient (Wildman–Crippen LogP) is 17.1. The van der Waals surface area contributed by atoms with Gasteiger partial charge in [0.15, 0.2) is 0 Å². The van der Waals surface area contributed by atoms with Crippen molar-refractivity contribution in [3.8, 4) is 33.4 Å². The van der Waals surface area contributed by atoms with E-state index < -0.39 is 0 Å². The Morgan fingerprint density at radius 2 is 0.468 bits per heavy atom. The second kappa shape index (κ2) is 14.8. The van der Waals surface area contributed by atoms with Gasteiger partial charge in [0.2, 0.25) is 0 Å². The molecule has 2 N–H and O–H groups in total. The van der Waals surface area contributed by atoms with Gasteiger partial charge in [-0.05, 0) is 77.5 Å². The van der Waals surface area contributed by atoms with Crippen LogP contribution in [-0.4, -0.2) is 0 Å². The average molecular weight is 789 g/mol. The number of benzene rings is 12. The van der Waals surface area contributed by atoms with E-state index in [1.807, 2.05) is 0 Å². The van der Waals surface area contributed by atoms with E-state index in [1.54, 1.807) is 0 Å². The van der Waals surface area contributed by atoms with Gasteiger partial charge in [-0.3, -0.25) is 0 Å². The fraction of sp³-hybridized carbons (Fsp3) is 0. The molecule has 0 saturated carbocycles. The van der Waals surface area contributed by atoms with Gasteiger partial charge in [0.05, 0.1) is 11.4 Å². The van der Waals surface area contributed by atoms with E-state index in [4.69, 9.17) is 0 Å². The highest BCUT2D eigenvalue weighted by atomic mass is 14.9. The maximum absolute atomic E-state index is 4.14. The van der Waals surface area contributed by atoms with Crippen molar-refractivity contribution in [1.82, 2.24) is 0 Å².